The van der Waals surface area contributed by atoms with Gasteiger partial charge < -0.3 is 15.2 Å². The van der Waals surface area contributed by atoms with Crippen LogP contribution in [0, 0.1) is 6.92 Å². The van der Waals surface area contributed by atoms with Gasteiger partial charge in [-0.2, -0.15) is 0 Å². The molecule has 2 aliphatic rings. The molecule has 0 unspecified atom stereocenters. The van der Waals surface area contributed by atoms with E-state index in [1.165, 1.54) is 30.4 Å². The number of hydrogen-bond acceptors (Lipinski definition) is 3. The van der Waals surface area contributed by atoms with Crippen molar-refractivity contribution in [3.05, 3.63) is 22.8 Å². The molecule has 0 spiro atoms. The standard InChI is InChI=1S/C15H21NO2/c1-10-8-12-11(4-7-18-12)13(14(10)17-2)15(9-16)5-3-6-15/h8H,3-7,9,16H2,1-2H3. The Hall–Kier alpha value is -1.22. The molecule has 1 aromatic rings. The molecule has 1 aliphatic heterocycles. The lowest BCUT2D eigenvalue weighted by atomic mass is 9.62. The molecule has 3 heteroatoms. The van der Waals surface area contributed by atoms with E-state index >= 15 is 0 Å². The average Bonchev–Trinajstić information content (AvgIpc) is 2.75. The number of aryl methyl sites for hydroxylation is 1. The van der Waals surface area contributed by atoms with Gasteiger partial charge in [0.15, 0.2) is 0 Å². The quantitative estimate of drug-likeness (QED) is 0.891. The van der Waals surface area contributed by atoms with Crippen molar-refractivity contribution in [1.82, 2.24) is 0 Å². The van der Waals surface area contributed by atoms with Crippen LogP contribution < -0.4 is 15.2 Å². The Balaban J connectivity index is 2.22. The number of benzene rings is 1. The maximum Gasteiger partial charge on any atom is 0.126 e. The Morgan fingerprint density at radius 1 is 1.44 bits per heavy atom. The summed E-state index contributed by atoms with van der Waals surface area (Å²) in [6.45, 7) is 3.59. The zero-order chi connectivity index (χ0) is 12.8. The number of methoxy groups -OCH3 is 1. The van der Waals surface area contributed by atoms with Gasteiger partial charge in [-0.3, -0.25) is 0 Å². The third kappa shape index (κ3) is 1.46. The van der Waals surface area contributed by atoms with Crippen LogP contribution in [0.3, 0.4) is 0 Å². The summed E-state index contributed by atoms with van der Waals surface area (Å²) < 4.78 is 11.4. The zero-order valence-electron chi connectivity index (χ0n) is 11.2. The first-order chi connectivity index (χ1) is 8.72. The van der Waals surface area contributed by atoms with Gasteiger partial charge in [0.2, 0.25) is 0 Å². The number of nitrogens with two attached hydrogens (primary N) is 1. The van der Waals surface area contributed by atoms with Gasteiger partial charge in [-0.1, -0.05) is 6.42 Å². The van der Waals surface area contributed by atoms with Gasteiger partial charge in [-0.25, -0.2) is 0 Å². The summed E-state index contributed by atoms with van der Waals surface area (Å²) in [6, 6.07) is 2.10. The Labute approximate surface area is 108 Å². The number of ether oxygens (including phenoxy) is 2. The first-order valence-corrected chi connectivity index (χ1v) is 6.75. The predicted octanol–water partition coefficient (Wildman–Crippen LogP) is 2.32. The molecular formula is C15H21NO2. The highest BCUT2D eigenvalue weighted by Crippen LogP contribution is 2.51. The monoisotopic (exact) mass is 247 g/mol. The summed E-state index contributed by atoms with van der Waals surface area (Å²) in [5.74, 6) is 2.08. The Kier molecular flexibility index (Phi) is 2.74. The molecule has 1 aliphatic carbocycles. The summed E-state index contributed by atoms with van der Waals surface area (Å²) >= 11 is 0. The van der Waals surface area contributed by atoms with Gasteiger partial charge in [0.1, 0.15) is 11.5 Å². The van der Waals surface area contributed by atoms with E-state index in [-0.39, 0.29) is 5.41 Å². The van der Waals surface area contributed by atoms with E-state index < -0.39 is 0 Å². The molecule has 2 N–H and O–H groups in total. The van der Waals surface area contributed by atoms with E-state index in [4.69, 9.17) is 15.2 Å². The third-order valence-corrected chi connectivity index (χ3v) is 4.58. The van der Waals surface area contributed by atoms with Crippen LogP contribution in [0.5, 0.6) is 11.5 Å². The third-order valence-electron chi connectivity index (χ3n) is 4.58. The molecule has 0 saturated heterocycles. The van der Waals surface area contributed by atoms with Crippen molar-refractivity contribution < 1.29 is 9.47 Å². The van der Waals surface area contributed by atoms with Gasteiger partial charge in [0.25, 0.3) is 0 Å². The van der Waals surface area contributed by atoms with Gasteiger partial charge >= 0.3 is 0 Å². The maximum absolute atomic E-state index is 6.07. The lowest BCUT2D eigenvalue weighted by molar-refractivity contribution is 0.241. The molecule has 0 aromatic heterocycles. The van der Waals surface area contributed by atoms with Gasteiger partial charge in [0, 0.05) is 29.5 Å². The molecule has 1 heterocycles. The Morgan fingerprint density at radius 3 is 2.78 bits per heavy atom. The molecule has 18 heavy (non-hydrogen) atoms. The minimum Gasteiger partial charge on any atom is -0.496 e. The molecule has 0 radical (unpaired) electrons. The fourth-order valence-electron chi connectivity index (χ4n) is 3.43. The highest BCUT2D eigenvalue weighted by Gasteiger charge is 2.43. The Morgan fingerprint density at radius 2 is 2.22 bits per heavy atom. The van der Waals surface area contributed by atoms with Crippen molar-refractivity contribution in [3.63, 3.8) is 0 Å². The summed E-state index contributed by atoms with van der Waals surface area (Å²) in [5, 5.41) is 0. The van der Waals surface area contributed by atoms with E-state index in [1.807, 2.05) is 0 Å². The fourth-order valence-corrected chi connectivity index (χ4v) is 3.43. The lowest BCUT2D eigenvalue weighted by Gasteiger charge is -2.43. The van der Waals surface area contributed by atoms with Crippen molar-refractivity contribution in [1.29, 1.82) is 0 Å². The number of hydrogen-bond donors (Lipinski definition) is 1. The van der Waals surface area contributed by atoms with Crippen molar-refractivity contribution in [2.75, 3.05) is 20.3 Å². The molecular weight excluding hydrogens is 226 g/mol. The summed E-state index contributed by atoms with van der Waals surface area (Å²) in [5.41, 5.74) is 10.0. The van der Waals surface area contributed by atoms with Crippen LogP contribution in [0.1, 0.15) is 36.0 Å². The highest BCUT2D eigenvalue weighted by molar-refractivity contribution is 5.58. The van der Waals surface area contributed by atoms with Crippen molar-refractivity contribution >= 4 is 0 Å². The average molecular weight is 247 g/mol. The zero-order valence-corrected chi connectivity index (χ0v) is 11.2. The largest absolute Gasteiger partial charge is 0.496 e. The van der Waals surface area contributed by atoms with E-state index in [0.29, 0.717) is 6.54 Å². The molecule has 3 rings (SSSR count). The smallest absolute Gasteiger partial charge is 0.126 e. The van der Waals surface area contributed by atoms with Crippen molar-refractivity contribution in [2.24, 2.45) is 5.73 Å². The molecule has 98 valence electrons. The topological polar surface area (TPSA) is 44.5 Å². The molecule has 0 atom stereocenters. The molecule has 0 bridgehead atoms. The van der Waals surface area contributed by atoms with E-state index in [0.717, 1.165) is 30.1 Å². The first-order valence-electron chi connectivity index (χ1n) is 6.75. The molecule has 1 fully saturated rings. The maximum atomic E-state index is 6.07. The van der Waals surface area contributed by atoms with Crippen LogP contribution >= 0.6 is 0 Å². The van der Waals surface area contributed by atoms with Crippen LogP contribution in [-0.2, 0) is 11.8 Å². The molecule has 3 nitrogen and oxygen atoms in total. The van der Waals surface area contributed by atoms with Gasteiger partial charge in [0.05, 0.1) is 13.7 Å². The van der Waals surface area contributed by atoms with E-state index in [1.54, 1.807) is 7.11 Å². The second-order valence-corrected chi connectivity index (χ2v) is 5.51. The number of fused-ring (bicyclic) bond motifs is 1. The minimum absolute atomic E-state index is 0.134. The van der Waals surface area contributed by atoms with Crippen LogP contribution in [-0.4, -0.2) is 20.3 Å². The molecule has 1 aromatic carbocycles. The van der Waals surface area contributed by atoms with Gasteiger partial charge in [-0.05, 0) is 31.4 Å². The van der Waals surface area contributed by atoms with Crippen LogP contribution in [0.4, 0.5) is 0 Å². The Bertz CT molecular complexity index is 469. The van der Waals surface area contributed by atoms with Crippen molar-refractivity contribution in [2.45, 2.75) is 38.0 Å². The first kappa shape index (κ1) is 11.8. The van der Waals surface area contributed by atoms with Crippen LogP contribution in [0.15, 0.2) is 6.07 Å². The van der Waals surface area contributed by atoms with E-state index in [9.17, 15) is 0 Å². The predicted molar refractivity (Wildman–Crippen MR) is 71.5 cm³/mol. The fraction of sp³-hybridized carbons (Fsp3) is 0.600. The highest BCUT2D eigenvalue weighted by atomic mass is 16.5. The summed E-state index contributed by atoms with van der Waals surface area (Å²) in [6.07, 6.45) is 4.61. The van der Waals surface area contributed by atoms with Crippen LogP contribution in [0.25, 0.3) is 0 Å². The van der Waals surface area contributed by atoms with E-state index in [2.05, 4.69) is 13.0 Å². The summed E-state index contributed by atoms with van der Waals surface area (Å²) in [7, 11) is 1.76. The van der Waals surface area contributed by atoms with Crippen molar-refractivity contribution in [3.8, 4) is 11.5 Å². The summed E-state index contributed by atoms with van der Waals surface area (Å²) in [4.78, 5) is 0. The lowest BCUT2D eigenvalue weighted by Crippen LogP contribution is -2.42. The normalized spacial score (nSPS) is 19.9. The second kappa shape index (κ2) is 4.16. The van der Waals surface area contributed by atoms with Crippen LogP contribution in [0.2, 0.25) is 0 Å². The molecule has 0 amide bonds. The van der Waals surface area contributed by atoms with Gasteiger partial charge in [-0.15, -0.1) is 0 Å². The second-order valence-electron chi connectivity index (χ2n) is 5.51. The minimum atomic E-state index is 0.134. The number of rotatable bonds is 3. The molecule has 1 saturated carbocycles. The SMILES string of the molecule is COc1c(C)cc2c(c1C1(CN)CCC1)CCO2.